The molecule has 0 bridgehead atoms. The summed E-state index contributed by atoms with van der Waals surface area (Å²) in [5.74, 6) is -2.63. The van der Waals surface area contributed by atoms with E-state index in [9.17, 15) is 19.5 Å². The second kappa shape index (κ2) is 6.07. The summed E-state index contributed by atoms with van der Waals surface area (Å²) < 4.78 is 0. The summed E-state index contributed by atoms with van der Waals surface area (Å²) in [6.07, 6.45) is 5.72. The summed E-state index contributed by atoms with van der Waals surface area (Å²) in [6, 6.07) is 0. The number of carboxylic acids is 1. The molecule has 6 heteroatoms. The van der Waals surface area contributed by atoms with Gasteiger partial charge in [0.05, 0.1) is 11.8 Å². The van der Waals surface area contributed by atoms with Crippen molar-refractivity contribution < 1.29 is 19.5 Å². The highest BCUT2D eigenvalue weighted by atomic mass is 16.4. The molecule has 2 amide bonds. The minimum Gasteiger partial charge on any atom is -0.481 e. The van der Waals surface area contributed by atoms with Crippen molar-refractivity contribution in [1.29, 1.82) is 0 Å². The molecule has 1 saturated heterocycles. The van der Waals surface area contributed by atoms with Gasteiger partial charge in [-0.1, -0.05) is 12.2 Å². The van der Waals surface area contributed by atoms with Crippen LogP contribution in [0.25, 0.3) is 0 Å². The van der Waals surface area contributed by atoms with Gasteiger partial charge in [0.15, 0.2) is 0 Å². The van der Waals surface area contributed by atoms with Gasteiger partial charge >= 0.3 is 5.97 Å². The summed E-state index contributed by atoms with van der Waals surface area (Å²) in [7, 11) is 0. The normalized spacial score (nSPS) is 27.3. The first kappa shape index (κ1) is 14.6. The van der Waals surface area contributed by atoms with E-state index in [1.165, 1.54) is 0 Å². The number of hydrogen-bond donors (Lipinski definition) is 2. The number of carbonyl (C=O) groups excluding carboxylic acids is 2. The zero-order chi connectivity index (χ0) is 14.7. The molecular weight excluding hydrogens is 260 g/mol. The monoisotopic (exact) mass is 280 g/mol. The van der Waals surface area contributed by atoms with Gasteiger partial charge in [0, 0.05) is 19.0 Å². The Morgan fingerprint density at radius 1 is 1.05 bits per heavy atom. The van der Waals surface area contributed by atoms with Crippen molar-refractivity contribution in [2.24, 2.45) is 23.5 Å². The van der Waals surface area contributed by atoms with Crippen LogP contribution in [0.2, 0.25) is 0 Å². The highest BCUT2D eigenvalue weighted by molar-refractivity contribution is 5.85. The molecule has 1 heterocycles. The number of primary amides is 1. The van der Waals surface area contributed by atoms with Gasteiger partial charge in [0.2, 0.25) is 11.8 Å². The topological polar surface area (TPSA) is 101 Å². The molecule has 110 valence electrons. The second-order valence-electron chi connectivity index (χ2n) is 5.50. The van der Waals surface area contributed by atoms with Gasteiger partial charge in [-0.15, -0.1) is 0 Å². The second-order valence-corrected chi connectivity index (χ2v) is 5.50. The van der Waals surface area contributed by atoms with E-state index in [1.54, 1.807) is 4.90 Å². The van der Waals surface area contributed by atoms with Crippen LogP contribution < -0.4 is 5.73 Å². The van der Waals surface area contributed by atoms with Crippen LogP contribution in [0.1, 0.15) is 25.7 Å². The van der Waals surface area contributed by atoms with E-state index in [-0.39, 0.29) is 17.7 Å². The number of aliphatic carboxylic acids is 1. The van der Waals surface area contributed by atoms with E-state index in [4.69, 9.17) is 5.73 Å². The third kappa shape index (κ3) is 3.00. The molecular formula is C14H20N2O4. The van der Waals surface area contributed by atoms with Crippen LogP contribution in [0.3, 0.4) is 0 Å². The van der Waals surface area contributed by atoms with E-state index in [1.807, 2.05) is 12.2 Å². The Bertz CT molecular complexity index is 438. The van der Waals surface area contributed by atoms with Crippen molar-refractivity contribution in [1.82, 2.24) is 4.90 Å². The summed E-state index contributed by atoms with van der Waals surface area (Å²) in [5.41, 5.74) is 5.26. The molecule has 2 rings (SSSR count). The van der Waals surface area contributed by atoms with Crippen molar-refractivity contribution in [2.45, 2.75) is 25.7 Å². The fourth-order valence-corrected chi connectivity index (χ4v) is 2.98. The molecule has 1 fully saturated rings. The van der Waals surface area contributed by atoms with Crippen LogP contribution in [-0.4, -0.2) is 40.9 Å². The Kier molecular flexibility index (Phi) is 4.42. The molecule has 0 saturated carbocycles. The summed E-state index contributed by atoms with van der Waals surface area (Å²) in [5, 5.41) is 9.20. The zero-order valence-corrected chi connectivity index (χ0v) is 11.3. The number of carboxylic acid groups (broad SMARTS) is 1. The molecule has 0 aromatic heterocycles. The van der Waals surface area contributed by atoms with Crippen molar-refractivity contribution in [2.75, 3.05) is 13.1 Å². The molecule has 6 nitrogen and oxygen atoms in total. The molecule has 0 radical (unpaired) electrons. The van der Waals surface area contributed by atoms with Gasteiger partial charge in [-0.3, -0.25) is 14.4 Å². The Morgan fingerprint density at radius 2 is 1.60 bits per heavy atom. The highest BCUT2D eigenvalue weighted by Gasteiger charge is 2.37. The standard InChI is InChI=1S/C14H20N2O4/c15-12(17)9-5-7-16(8-6-9)13(18)10-3-1-2-4-11(10)14(19)20/h1-2,9-11H,3-8H2,(H2,15,17)(H,19,20)/t10-,11-/m1/s1. The van der Waals surface area contributed by atoms with E-state index in [0.717, 1.165) is 0 Å². The van der Waals surface area contributed by atoms with Crippen molar-refractivity contribution >= 4 is 17.8 Å². The molecule has 2 aliphatic rings. The number of nitrogens with zero attached hydrogens (tertiary/aromatic N) is 1. The number of hydrogen-bond acceptors (Lipinski definition) is 3. The predicted octanol–water partition coefficient (Wildman–Crippen LogP) is 0.377. The molecule has 1 aliphatic carbocycles. The third-order valence-corrected chi connectivity index (χ3v) is 4.28. The molecule has 2 atom stereocenters. The number of allylic oxidation sites excluding steroid dienone is 2. The lowest BCUT2D eigenvalue weighted by Crippen LogP contribution is -2.46. The Morgan fingerprint density at radius 3 is 2.10 bits per heavy atom. The van der Waals surface area contributed by atoms with Crippen LogP contribution in [0, 0.1) is 17.8 Å². The Hall–Kier alpha value is -1.85. The predicted molar refractivity (Wildman–Crippen MR) is 71.5 cm³/mol. The van der Waals surface area contributed by atoms with Crippen molar-refractivity contribution in [3.63, 3.8) is 0 Å². The zero-order valence-electron chi connectivity index (χ0n) is 11.3. The van der Waals surface area contributed by atoms with Crippen LogP contribution in [-0.2, 0) is 14.4 Å². The highest BCUT2D eigenvalue weighted by Crippen LogP contribution is 2.29. The number of likely N-dealkylation sites (tertiary alicyclic amines) is 1. The van der Waals surface area contributed by atoms with E-state index in [0.29, 0.717) is 38.8 Å². The summed E-state index contributed by atoms with van der Waals surface area (Å²) in [4.78, 5) is 36.5. The van der Waals surface area contributed by atoms with E-state index in [2.05, 4.69) is 0 Å². The number of nitrogens with two attached hydrogens (primary N) is 1. The average molecular weight is 280 g/mol. The van der Waals surface area contributed by atoms with Gasteiger partial charge < -0.3 is 15.7 Å². The number of piperidine rings is 1. The Labute approximate surface area is 117 Å². The lowest BCUT2D eigenvalue weighted by molar-refractivity contribution is -0.151. The minimum atomic E-state index is -0.917. The average Bonchev–Trinajstić information content (AvgIpc) is 2.46. The maximum absolute atomic E-state index is 12.5. The molecule has 0 aromatic rings. The van der Waals surface area contributed by atoms with Crippen LogP contribution >= 0.6 is 0 Å². The lowest BCUT2D eigenvalue weighted by atomic mass is 9.81. The maximum atomic E-state index is 12.5. The molecule has 0 aromatic carbocycles. The summed E-state index contributed by atoms with van der Waals surface area (Å²) in [6.45, 7) is 0.970. The van der Waals surface area contributed by atoms with Crippen molar-refractivity contribution in [3.8, 4) is 0 Å². The first-order chi connectivity index (χ1) is 9.50. The van der Waals surface area contributed by atoms with Gasteiger partial charge in [0.1, 0.15) is 0 Å². The molecule has 0 unspecified atom stereocenters. The van der Waals surface area contributed by atoms with Crippen LogP contribution in [0.5, 0.6) is 0 Å². The number of rotatable bonds is 3. The van der Waals surface area contributed by atoms with E-state index < -0.39 is 17.8 Å². The Balaban J connectivity index is 1.99. The fourth-order valence-electron chi connectivity index (χ4n) is 2.98. The van der Waals surface area contributed by atoms with Crippen LogP contribution in [0.4, 0.5) is 0 Å². The molecule has 3 N–H and O–H groups in total. The van der Waals surface area contributed by atoms with Crippen molar-refractivity contribution in [3.05, 3.63) is 12.2 Å². The summed E-state index contributed by atoms with van der Waals surface area (Å²) >= 11 is 0. The molecule has 1 aliphatic heterocycles. The lowest BCUT2D eigenvalue weighted by Gasteiger charge is -2.35. The third-order valence-electron chi connectivity index (χ3n) is 4.28. The van der Waals surface area contributed by atoms with Gasteiger partial charge in [-0.2, -0.15) is 0 Å². The molecule has 0 spiro atoms. The first-order valence-corrected chi connectivity index (χ1v) is 6.96. The van der Waals surface area contributed by atoms with Crippen LogP contribution in [0.15, 0.2) is 12.2 Å². The van der Waals surface area contributed by atoms with Gasteiger partial charge in [-0.05, 0) is 25.7 Å². The smallest absolute Gasteiger partial charge is 0.307 e. The largest absolute Gasteiger partial charge is 0.481 e. The number of amides is 2. The van der Waals surface area contributed by atoms with Gasteiger partial charge in [0.25, 0.3) is 0 Å². The first-order valence-electron chi connectivity index (χ1n) is 6.96. The number of carbonyl (C=O) groups is 3. The molecule has 20 heavy (non-hydrogen) atoms. The SMILES string of the molecule is NC(=O)C1CCN(C(=O)[C@@H]2CC=CC[C@H]2C(=O)O)CC1. The maximum Gasteiger partial charge on any atom is 0.307 e. The quantitative estimate of drug-likeness (QED) is 0.730. The minimum absolute atomic E-state index is 0.107. The van der Waals surface area contributed by atoms with E-state index >= 15 is 0 Å². The van der Waals surface area contributed by atoms with Gasteiger partial charge in [-0.25, -0.2) is 0 Å². The fraction of sp³-hybridized carbons (Fsp3) is 0.643.